The molecule has 2 fully saturated rings. The lowest BCUT2D eigenvalue weighted by atomic mass is 9.64. The Morgan fingerprint density at radius 2 is 1.93 bits per heavy atom. The van der Waals surface area contributed by atoms with Crippen molar-refractivity contribution in [3.63, 3.8) is 0 Å². The van der Waals surface area contributed by atoms with Crippen LogP contribution in [0, 0.1) is 5.41 Å². The molecule has 8 nitrogen and oxygen atoms in total. The number of rotatable bonds is 3. The molecule has 4 rings (SSSR count). The lowest BCUT2D eigenvalue weighted by Gasteiger charge is -2.48. The highest BCUT2D eigenvalue weighted by Crippen LogP contribution is 2.50. The van der Waals surface area contributed by atoms with E-state index in [2.05, 4.69) is 33.7 Å². The van der Waals surface area contributed by atoms with Crippen LogP contribution in [-0.2, 0) is 4.74 Å². The summed E-state index contributed by atoms with van der Waals surface area (Å²) in [5, 5.41) is 0.976. The lowest BCUT2D eigenvalue weighted by Crippen LogP contribution is -2.55. The number of hydrogen-bond donors (Lipinski definition) is 3. The number of nitrogens with zero attached hydrogens (tertiary/aromatic N) is 4. The zero-order chi connectivity index (χ0) is 20.8. The van der Waals surface area contributed by atoms with E-state index in [0.717, 1.165) is 36.6 Å². The third-order valence-corrected chi connectivity index (χ3v) is 7.93. The van der Waals surface area contributed by atoms with E-state index in [0.29, 0.717) is 22.5 Å². The van der Waals surface area contributed by atoms with Crippen LogP contribution in [0.3, 0.4) is 0 Å². The van der Waals surface area contributed by atoms with Crippen molar-refractivity contribution in [1.82, 2.24) is 15.0 Å². The van der Waals surface area contributed by atoms with Gasteiger partial charge < -0.3 is 26.8 Å². The van der Waals surface area contributed by atoms with Crippen molar-refractivity contribution in [3.8, 4) is 0 Å². The molecule has 0 aromatic carbocycles. The Labute approximate surface area is 179 Å². The molecule has 10 heteroatoms. The van der Waals surface area contributed by atoms with E-state index < -0.39 is 0 Å². The number of nitrogens with two attached hydrogens (primary N) is 3. The van der Waals surface area contributed by atoms with Gasteiger partial charge in [0, 0.05) is 35.6 Å². The quantitative estimate of drug-likeness (QED) is 0.665. The van der Waals surface area contributed by atoms with E-state index in [1.165, 1.54) is 11.8 Å². The topological polar surface area (TPSA) is 129 Å². The number of hydrogen-bond acceptors (Lipinski definition) is 9. The van der Waals surface area contributed by atoms with Gasteiger partial charge in [-0.25, -0.2) is 15.0 Å². The highest BCUT2D eigenvalue weighted by atomic mass is 35.5. The van der Waals surface area contributed by atoms with E-state index in [4.69, 9.17) is 33.5 Å². The molecule has 1 atom stereocenters. The van der Waals surface area contributed by atoms with Crippen LogP contribution in [0.5, 0.6) is 0 Å². The molecule has 2 saturated heterocycles. The van der Waals surface area contributed by atoms with Gasteiger partial charge in [-0.2, -0.15) is 0 Å². The highest BCUT2D eigenvalue weighted by molar-refractivity contribution is 7.99. The van der Waals surface area contributed by atoms with Gasteiger partial charge in [0.2, 0.25) is 0 Å². The van der Waals surface area contributed by atoms with Crippen LogP contribution in [-0.4, -0.2) is 46.3 Å². The molecule has 2 aliphatic heterocycles. The predicted octanol–water partition coefficient (Wildman–Crippen LogP) is 2.56. The van der Waals surface area contributed by atoms with Crippen LogP contribution >= 0.6 is 23.4 Å². The molecule has 0 bridgehead atoms. The first kappa shape index (κ1) is 20.5. The van der Waals surface area contributed by atoms with Crippen LogP contribution in [0.15, 0.2) is 28.4 Å². The first-order valence-corrected chi connectivity index (χ1v) is 10.8. The maximum Gasteiger partial charge on any atom is 0.158 e. The molecule has 1 spiro atoms. The van der Waals surface area contributed by atoms with Crippen LogP contribution < -0.4 is 22.1 Å². The van der Waals surface area contributed by atoms with Crippen molar-refractivity contribution < 1.29 is 4.74 Å². The van der Waals surface area contributed by atoms with E-state index in [1.54, 1.807) is 18.5 Å². The number of pyridine rings is 1. The molecular weight excluding hydrogens is 410 g/mol. The molecule has 2 aromatic rings. The molecule has 2 aromatic heterocycles. The van der Waals surface area contributed by atoms with Crippen LogP contribution in [0.25, 0.3) is 0 Å². The van der Waals surface area contributed by atoms with Crippen molar-refractivity contribution in [3.05, 3.63) is 23.5 Å². The van der Waals surface area contributed by atoms with E-state index >= 15 is 0 Å². The fourth-order valence-electron chi connectivity index (χ4n) is 4.39. The van der Waals surface area contributed by atoms with Crippen molar-refractivity contribution in [2.45, 2.75) is 48.3 Å². The zero-order valence-electron chi connectivity index (χ0n) is 16.6. The molecule has 0 amide bonds. The van der Waals surface area contributed by atoms with E-state index in [1.807, 2.05) is 0 Å². The molecule has 0 saturated carbocycles. The molecule has 156 valence electrons. The second-order valence-electron chi connectivity index (χ2n) is 8.10. The molecule has 0 radical (unpaired) electrons. The molecule has 6 N–H and O–H groups in total. The number of aromatic nitrogens is 3. The fraction of sp³-hybridized carbons (Fsp3) is 0.526. The van der Waals surface area contributed by atoms with Gasteiger partial charge in [0.05, 0.1) is 23.4 Å². The van der Waals surface area contributed by atoms with Gasteiger partial charge in [0.25, 0.3) is 0 Å². The molecule has 1 unspecified atom stereocenters. The van der Waals surface area contributed by atoms with Crippen molar-refractivity contribution in [2.75, 3.05) is 36.1 Å². The van der Waals surface area contributed by atoms with E-state index in [9.17, 15) is 0 Å². The number of piperidine rings is 1. The van der Waals surface area contributed by atoms with Gasteiger partial charge in [-0.15, -0.1) is 0 Å². The summed E-state index contributed by atoms with van der Waals surface area (Å²) in [6.45, 7) is 6.60. The monoisotopic (exact) mass is 435 g/mol. The number of anilines is 3. The lowest BCUT2D eigenvalue weighted by molar-refractivity contribution is -0.0446. The van der Waals surface area contributed by atoms with Gasteiger partial charge in [0.15, 0.2) is 5.82 Å². The first-order chi connectivity index (χ1) is 13.7. The Morgan fingerprint density at radius 3 is 2.55 bits per heavy atom. The second kappa shape index (κ2) is 7.46. The Morgan fingerprint density at radius 1 is 1.21 bits per heavy atom. The zero-order valence-corrected chi connectivity index (χ0v) is 18.1. The predicted molar refractivity (Wildman–Crippen MR) is 116 cm³/mol. The second-order valence-corrected chi connectivity index (χ2v) is 9.51. The average Bonchev–Trinajstić information content (AvgIpc) is 2.91. The molecular formula is C19H26ClN7OS. The number of nitrogen functional groups attached to an aromatic ring is 2. The van der Waals surface area contributed by atoms with E-state index in [-0.39, 0.29) is 22.9 Å². The van der Waals surface area contributed by atoms with Crippen molar-refractivity contribution in [2.24, 2.45) is 11.1 Å². The van der Waals surface area contributed by atoms with Crippen LogP contribution in [0.2, 0.25) is 5.02 Å². The van der Waals surface area contributed by atoms with Crippen molar-refractivity contribution in [1.29, 1.82) is 0 Å². The third kappa shape index (κ3) is 3.50. The molecule has 2 aliphatic rings. The molecule has 29 heavy (non-hydrogen) atoms. The van der Waals surface area contributed by atoms with Crippen LogP contribution in [0.1, 0.15) is 26.7 Å². The smallest absolute Gasteiger partial charge is 0.158 e. The molecule has 0 aliphatic carbocycles. The Hall–Kier alpha value is -1.81. The number of halogens is 1. The average molecular weight is 436 g/mol. The Kier molecular flexibility index (Phi) is 5.27. The Balaban J connectivity index is 1.49. The summed E-state index contributed by atoms with van der Waals surface area (Å²) >= 11 is 7.54. The Bertz CT molecular complexity index is 917. The number of ether oxygens (including phenoxy) is 1. The SMILES string of the molecule is CC1(C)OCC(N)C12CCN(c1cnc(Sc3ccnc(N)c3Cl)c(N)n1)CC2. The highest BCUT2D eigenvalue weighted by Gasteiger charge is 2.56. The van der Waals surface area contributed by atoms with Gasteiger partial charge in [0.1, 0.15) is 16.7 Å². The van der Waals surface area contributed by atoms with Gasteiger partial charge in [-0.05, 0) is 32.8 Å². The maximum atomic E-state index is 6.43. The standard InChI is InChI=1S/C19H26ClN7OS/c1-18(2)19(12(21)10-28-18)4-7-27(8-5-19)13-9-25-17(16(23)26-13)29-11-3-6-24-15(22)14(11)20/h3,6,9,12H,4-5,7-8,10,21H2,1-2H3,(H2,22,24)(H2,23,26). The summed E-state index contributed by atoms with van der Waals surface area (Å²) in [6, 6.07) is 1.84. The van der Waals surface area contributed by atoms with Crippen molar-refractivity contribution >= 4 is 40.8 Å². The fourth-order valence-corrected chi connectivity index (χ4v) is 5.41. The van der Waals surface area contributed by atoms with Gasteiger partial charge in [-0.1, -0.05) is 23.4 Å². The van der Waals surface area contributed by atoms with Gasteiger partial charge >= 0.3 is 0 Å². The summed E-state index contributed by atoms with van der Waals surface area (Å²) in [5.74, 6) is 1.41. The first-order valence-electron chi connectivity index (χ1n) is 9.58. The summed E-state index contributed by atoms with van der Waals surface area (Å²) in [4.78, 5) is 16.0. The largest absolute Gasteiger partial charge is 0.382 e. The summed E-state index contributed by atoms with van der Waals surface area (Å²) in [7, 11) is 0. The summed E-state index contributed by atoms with van der Waals surface area (Å²) in [6.07, 6.45) is 5.26. The summed E-state index contributed by atoms with van der Waals surface area (Å²) < 4.78 is 5.98. The minimum absolute atomic E-state index is 0.00368. The van der Waals surface area contributed by atoms with Gasteiger partial charge in [-0.3, -0.25) is 0 Å². The minimum atomic E-state index is -0.213. The molecule has 4 heterocycles. The maximum absolute atomic E-state index is 6.43. The minimum Gasteiger partial charge on any atom is -0.382 e. The normalized spacial score (nSPS) is 22.9. The third-order valence-electron chi connectivity index (χ3n) is 6.35. The summed E-state index contributed by atoms with van der Waals surface area (Å²) in [5.41, 5.74) is 18.2. The van der Waals surface area contributed by atoms with Crippen LogP contribution in [0.4, 0.5) is 17.5 Å².